The number of thiophene rings is 1. The fourth-order valence-electron chi connectivity index (χ4n) is 1.50. The van der Waals surface area contributed by atoms with Crippen molar-refractivity contribution in [1.82, 2.24) is 5.32 Å². The van der Waals surface area contributed by atoms with Crippen molar-refractivity contribution >= 4 is 11.3 Å². The van der Waals surface area contributed by atoms with E-state index < -0.39 is 0 Å². The Bertz CT molecular complexity index is 298. The zero-order chi connectivity index (χ0) is 11.4. The lowest BCUT2D eigenvalue weighted by atomic mass is 10.1. The van der Waals surface area contributed by atoms with E-state index in [-0.39, 0.29) is 6.10 Å². The lowest BCUT2D eigenvalue weighted by Crippen LogP contribution is -2.37. The van der Waals surface area contributed by atoms with E-state index >= 15 is 0 Å². The zero-order valence-electron chi connectivity index (χ0n) is 10.2. The van der Waals surface area contributed by atoms with E-state index in [1.165, 1.54) is 9.75 Å². The predicted molar refractivity (Wildman–Crippen MR) is 66.5 cm³/mol. The monoisotopic (exact) mass is 227 g/mol. The third-order valence-corrected chi connectivity index (χ3v) is 3.96. The van der Waals surface area contributed by atoms with Crippen LogP contribution in [-0.2, 0) is 4.74 Å². The molecule has 0 radical (unpaired) electrons. The van der Waals surface area contributed by atoms with Gasteiger partial charge in [-0.15, -0.1) is 11.3 Å². The predicted octanol–water partition coefficient (Wildman–Crippen LogP) is 3.13. The van der Waals surface area contributed by atoms with Crippen molar-refractivity contribution in [2.75, 3.05) is 7.11 Å². The molecule has 0 bridgehead atoms. The van der Waals surface area contributed by atoms with E-state index in [2.05, 4.69) is 45.1 Å². The largest absolute Gasteiger partial charge is 0.380 e. The third-order valence-electron chi connectivity index (χ3n) is 2.78. The molecule has 0 aliphatic carbocycles. The molecular formula is C12H21NOS. The molecule has 86 valence electrons. The van der Waals surface area contributed by atoms with Crippen LogP contribution in [-0.4, -0.2) is 19.3 Å². The molecule has 1 rings (SSSR count). The molecule has 0 aliphatic heterocycles. The second-order valence-corrected chi connectivity index (χ2v) is 5.39. The van der Waals surface area contributed by atoms with Crippen LogP contribution in [0.3, 0.4) is 0 Å². The summed E-state index contributed by atoms with van der Waals surface area (Å²) in [5.41, 5.74) is 0. The van der Waals surface area contributed by atoms with Crippen LogP contribution in [0.4, 0.5) is 0 Å². The maximum atomic E-state index is 5.29. The molecule has 0 fully saturated rings. The number of nitrogens with one attached hydrogen (secondary N) is 1. The van der Waals surface area contributed by atoms with E-state index in [0.29, 0.717) is 12.1 Å². The first-order valence-corrected chi connectivity index (χ1v) is 6.21. The van der Waals surface area contributed by atoms with Crippen LogP contribution < -0.4 is 5.32 Å². The van der Waals surface area contributed by atoms with Crippen molar-refractivity contribution in [3.05, 3.63) is 21.9 Å². The topological polar surface area (TPSA) is 21.3 Å². The number of hydrogen-bond donors (Lipinski definition) is 1. The number of rotatable bonds is 5. The molecule has 2 nitrogen and oxygen atoms in total. The molecule has 1 aromatic heterocycles. The first-order chi connectivity index (χ1) is 7.04. The van der Waals surface area contributed by atoms with E-state index in [1.807, 2.05) is 11.3 Å². The van der Waals surface area contributed by atoms with Gasteiger partial charge in [0.2, 0.25) is 0 Å². The maximum Gasteiger partial charge on any atom is 0.0693 e. The molecule has 0 aliphatic rings. The summed E-state index contributed by atoms with van der Waals surface area (Å²) in [5.74, 6) is 0. The van der Waals surface area contributed by atoms with Crippen molar-refractivity contribution < 1.29 is 4.74 Å². The number of aryl methyl sites for hydroxylation is 1. The SMILES string of the molecule is COC(C)C(C)NC(C)c1ccc(C)s1. The Kier molecular flexibility index (Phi) is 4.77. The lowest BCUT2D eigenvalue weighted by Gasteiger charge is -2.23. The van der Waals surface area contributed by atoms with Crippen molar-refractivity contribution in [2.24, 2.45) is 0 Å². The quantitative estimate of drug-likeness (QED) is 0.834. The zero-order valence-corrected chi connectivity index (χ0v) is 11.0. The summed E-state index contributed by atoms with van der Waals surface area (Å²) >= 11 is 1.85. The van der Waals surface area contributed by atoms with Crippen LogP contribution in [0.2, 0.25) is 0 Å². The molecule has 0 spiro atoms. The van der Waals surface area contributed by atoms with Gasteiger partial charge >= 0.3 is 0 Å². The number of hydrogen-bond acceptors (Lipinski definition) is 3. The minimum atomic E-state index is 0.244. The molecule has 3 atom stereocenters. The highest BCUT2D eigenvalue weighted by Gasteiger charge is 2.15. The van der Waals surface area contributed by atoms with Gasteiger partial charge in [0.05, 0.1) is 6.10 Å². The Balaban J connectivity index is 2.52. The second-order valence-electron chi connectivity index (χ2n) is 4.07. The summed E-state index contributed by atoms with van der Waals surface area (Å²) in [7, 11) is 1.75. The number of methoxy groups -OCH3 is 1. The summed E-state index contributed by atoms with van der Waals surface area (Å²) in [6.45, 7) is 8.58. The van der Waals surface area contributed by atoms with Gasteiger partial charge in [-0.3, -0.25) is 0 Å². The molecule has 3 heteroatoms. The summed E-state index contributed by atoms with van der Waals surface area (Å²) in [4.78, 5) is 2.76. The highest BCUT2D eigenvalue weighted by Crippen LogP contribution is 2.22. The van der Waals surface area contributed by atoms with Gasteiger partial charge in [-0.25, -0.2) is 0 Å². The molecule has 15 heavy (non-hydrogen) atoms. The average Bonchev–Trinajstić information content (AvgIpc) is 2.63. The minimum absolute atomic E-state index is 0.244. The van der Waals surface area contributed by atoms with Gasteiger partial charge < -0.3 is 10.1 Å². The summed E-state index contributed by atoms with van der Waals surface area (Å²) in [6, 6.07) is 5.13. The molecular weight excluding hydrogens is 206 g/mol. The molecule has 1 heterocycles. The van der Waals surface area contributed by atoms with Gasteiger partial charge in [0.15, 0.2) is 0 Å². The minimum Gasteiger partial charge on any atom is -0.380 e. The highest BCUT2D eigenvalue weighted by atomic mass is 32.1. The van der Waals surface area contributed by atoms with Crippen LogP contribution in [0, 0.1) is 6.92 Å². The van der Waals surface area contributed by atoms with E-state index in [1.54, 1.807) is 7.11 Å². The average molecular weight is 227 g/mol. The standard InChI is InChI=1S/C12H21NOS/c1-8-6-7-12(15-8)10(3)13-9(2)11(4)14-5/h6-7,9-11,13H,1-5H3. The molecule has 1 N–H and O–H groups in total. The molecule has 3 unspecified atom stereocenters. The molecule has 0 aromatic carbocycles. The van der Waals surface area contributed by atoms with Crippen molar-refractivity contribution in [3.8, 4) is 0 Å². The fourth-order valence-corrected chi connectivity index (χ4v) is 2.39. The Morgan fingerprint density at radius 2 is 1.93 bits per heavy atom. The molecule has 0 amide bonds. The van der Waals surface area contributed by atoms with E-state index in [9.17, 15) is 0 Å². The second kappa shape index (κ2) is 5.64. The van der Waals surface area contributed by atoms with Gasteiger partial charge in [0.1, 0.15) is 0 Å². The third kappa shape index (κ3) is 3.59. The number of ether oxygens (including phenoxy) is 1. The summed E-state index contributed by atoms with van der Waals surface area (Å²) in [6.07, 6.45) is 0.244. The smallest absolute Gasteiger partial charge is 0.0693 e. The van der Waals surface area contributed by atoms with Gasteiger partial charge in [-0.1, -0.05) is 0 Å². The highest BCUT2D eigenvalue weighted by molar-refractivity contribution is 7.12. The molecule has 1 aromatic rings. The van der Waals surface area contributed by atoms with Crippen LogP contribution >= 0.6 is 11.3 Å². The normalized spacial score (nSPS) is 17.4. The van der Waals surface area contributed by atoms with Crippen molar-refractivity contribution in [3.63, 3.8) is 0 Å². The Morgan fingerprint density at radius 1 is 1.27 bits per heavy atom. The first-order valence-electron chi connectivity index (χ1n) is 5.39. The van der Waals surface area contributed by atoms with Gasteiger partial charge in [-0.05, 0) is 39.8 Å². The van der Waals surface area contributed by atoms with Crippen LogP contribution in [0.25, 0.3) is 0 Å². The van der Waals surface area contributed by atoms with Crippen LogP contribution in [0.1, 0.15) is 36.6 Å². The van der Waals surface area contributed by atoms with Gasteiger partial charge in [0, 0.05) is 28.9 Å². The molecule has 0 saturated heterocycles. The summed E-state index contributed by atoms with van der Waals surface area (Å²) in [5, 5.41) is 3.55. The van der Waals surface area contributed by atoms with Gasteiger partial charge in [-0.2, -0.15) is 0 Å². The van der Waals surface area contributed by atoms with Gasteiger partial charge in [0.25, 0.3) is 0 Å². The Labute approximate surface area is 96.7 Å². The summed E-state index contributed by atoms with van der Waals surface area (Å²) < 4.78 is 5.29. The Morgan fingerprint density at radius 3 is 2.40 bits per heavy atom. The maximum absolute atomic E-state index is 5.29. The lowest BCUT2D eigenvalue weighted by molar-refractivity contribution is 0.0853. The fraction of sp³-hybridized carbons (Fsp3) is 0.667. The van der Waals surface area contributed by atoms with E-state index in [0.717, 1.165) is 0 Å². The Hall–Kier alpha value is -0.380. The molecule has 0 saturated carbocycles. The van der Waals surface area contributed by atoms with Crippen molar-refractivity contribution in [2.45, 2.75) is 45.9 Å². The van der Waals surface area contributed by atoms with Crippen LogP contribution in [0.15, 0.2) is 12.1 Å². The van der Waals surface area contributed by atoms with Crippen molar-refractivity contribution in [1.29, 1.82) is 0 Å². The van der Waals surface area contributed by atoms with Crippen LogP contribution in [0.5, 0.6) is 0 Å². The first kappa shape index (κ1) is 12.7. The van der Waals surface area contributed by atoms with E-state index in [4.69, 9.17) is 4.74 Å².